The van der Waals surface area contributed by atoms with Crippen LogP contribution in [0.15, 0.2) is 30.0 Å². The van der Waals surface area contributed by atoms with Crippen molar-refractivity contribution in [2.45, 2.75) is 103 Å². The number of Topliss-reactive ketones (excluding diaryl/α,β-unsaturated/α-hetero) is 1. The van der Waals surface area contributed by atoms with Crippen LogP contribution < -0.4 is 0 Å². The molecule has 0 spiro atoms. The molecular weight excluding hydrogens is 470 g/mol. The maximum absolute atomic E-state index is 13.5. The molecule has 1 aromatic heterocycles. The van der Waals surface area contributed by atoms with Gasteiger partial charge in [0.15, 0.2) is 0 Å². The fourth-order valence-electron chi connectivity index (χ4n) is 5.22. The monoisotopic (exact) mass is 511 g/mol. The van der Waals surface area contributed by atoms with Crippen LogP contribution in [0.2, 0.25) is 0 Å². The first kappa shape index (κ1) is 29.0. The molecule has 2 fully saturated rings. The highest BCUT2D eigenvalue weighted by Crippen LogP contribution is 2.45. The van der Waals surface area contributed by atoms with Gasteiger partial charge in [-0.25, -0.2) is 0 Å². The minimum absolute atomic E-state index is 0.0629. The summed E-state index contributed by atoms with van der Waals surface area (Å²) in [7, 11) is 0. The number of nitrogens with zero attached hydrogens (tertiary/aromatic N) is 1. The van der Waals surface area contributed by atoms with Crippen LogP contribution in [0.25, 0.3) is 6.08 Å². The topological polar surface area (TPSA) is 109 Å². The third-order valence-electron chi connectivity index (χ3n) is 8.14. The molecule has 0 amide bonds. The van der Waals surface area contributed by atoms with E-state index in [4.69, 9.17) is 15.9 Å². The van der Waals surface area contributed by atoms with Crippen LogP contribution in [0, 0.1) is 29.6 Å². The lowest BCUT2D eigenvalue weighted by Crippen LogP contribution is -2.46. The largest absolute Gasteiger partial charge is 0.458 e. The molecule has 2 saturated heterocycles. The highest BCUT2D eigenvalue weighted by atomic mass is 16.6. The molecule has 37 heavy (non-hydrogen) atoms. The number of cyclic esters (lactones) is 1. The van der Waals surface area contributed by atoms with Crippen LogP contribution >= 0.6 is 0 Å². The Morgan fingerprint density at radius 3 is 2.65 bits per heavy atom. The minimum atomic E-state index is -1.30. The molecule has 0 radical (unpaired) electrons. The number of pyridine rings is 1. The number of carbonyl (C=O) groups excluding carboxylic acids is 2. The Kier molecular flexibility index (Phi) is 9.33. The number of fused-ring (bicyclic) bond motifs is 1. The first-order valence-electron chi connectivity index (χ1n) is 13.2. The average molecular weight is 512 g/mol. The predicted octanol–water partition coefficient (Wildman–Crippen LogP) is 4.11. The Bertz CT molecular complexity index is 1030. The number of rotatable bonds is 3. The number of ketones is 1. The van der Waals surface area contributed by atoms with Crippen LogP contribution in [0.5, 0.6) is 0 Å². The number of terminal acetylenes is 1. The molecule has 2 aliphatic heterocycles. The van der Waals surface area contributed by atoms with Gasteiger partial charge in [0.25, 0.3) is 0 Å². The van der Waals surface area contributed by atoms with Crippen molar-refractivity contribution in [1.29, 1.82) is 0 Å². The minimum Gasteiger partial charge on any atom is -0.458 e. The van der Waals surface area contributed by atoms with Crippen molar-refractivity contribution in [2.75, 3.05) is 0 Å². The molecule has 7 nitrogen and oxygen atoms in total. The van der Waals surface area contributed by atoms with E-state index in [2.05, 4.69) is 17.8 Å². The van der Waals surface area contributed by atoms with Crippen LogP contribution in [-0.2, 0) is 19.1 Å². The molecule has 0 aliphatic carbocycles. The second kappa shape index (κ2) is 11.9. The van der Waals surface area contributed by atoms with Gasteiger partial charge in [-0.1, -0.05) is 33.3 Å². The summed E-state index contributed by atoms with van der Waals surface area (Å²) in [4.78, 5) is 30.9. The van der Waals surface area contributed by atoms with E-state index in [1.54, 1.807) is 20.0 Å². The van der Waals surface area contributed by atoms with Gasteiger partial charge in [-0.2, -0.15) is 0 Å². The third kappa shape index (κ3) is 7.07. The van der Waals surface area contributed by atoms with Crippen molar-refractivity contribution < 1.29 is 29.3 Å². The van der Waals surface area contributed by atoms with E-state index in [1.807, 2.05) is 38.1 Å². The fourth-order valence-corrected chi connectivity index (χ4v) is 5.22. The molecule has 7 heteroatoms. The second-order valence-corrected chi connectivity index (χ2v) is 11.5. The van der Waals surface area contributed by atoms with Crippen LogP contribution in [0.4, 0.5) is 0 Å². The van der Waals surface area contributed by atoms with Gasteiger partial charge in [-0.05, 0) is 56.4 Å². The molecule has 3 rings (SSSR count). The van der Waals surface area contributed by atoms with Gasteiger partial charge in [0, 0.05) is 19.0 Å². The standard InChI is InChI=1S/C30H41NO6/c1-7-11-22-27(34)19(2)12-10-14-30(6)25(37-30)17-23(20(3)16-21-13-8-9-15-31-21)36-26(33)18-24(32)29(4,5)28(22)35/h1,8-9,13,15-16,19,22-25,27,32,34H,10-12,14,17-18H2,2-6H3/b20-16+/t19-,22+,23-,24-,25?,27-,30?/m0/s1. The second-order valence-electron chi connectivity index (χ2n) is 11.5. The van der Waals surface area contributed by atoms with Crippen molar-refractivity contribution in [3.8, 4) is 12.3 Å². The predicted molar refractivity (Wildman–Crippen MR) is 141 cm³/mol. The molecule has 1 aromatic rings. The Labute approximate surface area is 220 Å². The molecule has 0 aromatic carbocycles. The van der Waals surface area contributed by atoms with E-state index in [0.717, 1.165) is 24.1 Å². The molecule has 7 atom stereocenters. The molecule has 2 N–H and O–H groups in total. The Morgan fingerprint density at radius 2 is 2.00 bits per heavy atom. The van der Waals surface area contributed by atoms with Gasteiger partial charge in [-0.3, -0.25) is 14.6 Å². The van der Waals surface area contributed by atoms with E-state index in [0.29, 0.717) is 12.8 Å². The smallest absolute Gasteiger partial charge is 0.309 e. The Hall–Kier alpha value is -2.53. The summed E-state index contributed by atoms with van der Waals surface area (Å²) in [6.07, 6.45) is 8.73. The molecule has 202 valence electrons. The Balaban J connectivity index is 1.89. The summed E-state index contributed by atoms with van der Waals surface area (Å²) in [5.74, 6) is 0.558. The van der Waals surface area contributed by atoms with Gasteiger partial charge < -0.3 is 19.7 Å². The lowest BCUT2D eigenvalue weighted by atomic mass is 9.71. The molecule has 0 saturated carbocycles. The van der Waals surface area contributed by atoms with Crippen LogP contribution in [0.1, 0.15) is 78.8 Å². The summed E-state index contributed by atoms with van der Waals surface area (Å²) in [5.41, 5.74) is -0.0684. The summed E-state index contributed by atoms with van der Waals surface area (Å²) in [6.45, 7) is 9.04. The quantitative estimate of drug-likeness (QED) is 0.357. The number of aliphatic hydroxyl groups excluding tert-OH is 2. The Morgan fingerprint density at radius 1 is 1.27 bits per heavy atom. The first-order valence-corrected chi connectivity index (χ1v) is 13.2. The van der Waals surface area contributed by atoms with E-state index < -0.39 is 35.6 Å². The van der Waals surface area contributed by atoms with Crippen molar-refractivity contribution >= 4 is 17.8 Å². The number of ether oxygens (including phenoxy) is 2. The lowest BCUT2D eigenvalue weighted by molar-refractivity contribution is -0.154. The number of esters is 1. The SMILES string of the molecule is C#CC[C@H]1C(=O)C(C)(C)[C@@H](O)CC(=O)O[C@H](/C(C)=C/c2ccccn2)CC2OC2(C)CCC[C@H](C)[C@@H]1O. The molecule has 2 unspecified atom stereocenters. The van der Waals surface area contributed by atoms with E-state index >= 15 is 0 Å². The first-order chi connectivity index (χ1) is 17.4. The number of carbonyl (C=O) groups is 2. The maximum Gasteiger partial charge on any atom is 0.309 e. The van der Waals surface area contributed by atoms with Gasteiger partial charge >= 0.3 is 5.97 Å². The molecule has 3 heterocycles. The van der Waals surface area contributed by atoms with Crippen molar-refractivity contribution in [3.63, 3.8) is 0 Å². The fraction of sp³-hybridized carbons (Fsp3) is 0.633. The normalized spacial score (nSPS) is 35.7. The average Bonchev–Trinajstić information content (AvgIpc) is 3.49. The van der Waals surface area contributed by atoms with Gasteiger partial charge in [-0.15, -0.1) is 12.3 Å². The van der Waals surface area contributed by atoms with Gasteiger partial charge in [0.1, 0.15) is 11.9 Å². The van der Waals surface area contributed by atoms with E-state index in [9.17, 15) is 19.8 Å². The van der Waals surface area contributed by atoms with E-state index in [-0.39, 0.29) is 36.2 Å². The van der Waals surface area contributed by atoms with Crippen LogP contribution in [-0.4, -0.2) is 57.0 Å². The summed E-state index contributed by atoms with van der Waals surface area (Å²) >= 11 is 0. The highest BCUT2D eigenvalue weighted by molar-refractivity contribution is 5.88. The number of aromatic nitrogens is 1. The van der Waals surface area contributed by atoms with E-state index in [1.165, 1.54) is 0 Å². The summed E-state index contributed by atoms with van der Waals surface area (Å²) < 4.78 is 11.9. The zero-order valence-corrected chi connectivity index (χ0v) is 22.6. The van der Waals surface area contributed by atoms with Gasteiger partial charge in [0.05, 0.1) is 47.4 Å². The van der Waals surface area contributed by atoms with Crippen molar-refractivity contribution in [2.24, 2.45) is 17.3 Å². The van der Waals surface area contributed by atoms with Crippen molar-refractivity contribution in [1.82, 2.24) is 4.98 Å². The molecule has 2 aliphatic rings. The lowest BCUT2D eigenvalue weighted by Gasteiger charge is -2.35. The maximum atomic E-state index is 13.5. The third-order valence-corrected chi connectivity index (χ3v) is 8.14. The number of hydrogen-bond donors (Lipinski definition) is 2. The van der Waals surface area contributed by atoms with Crippen molar-refractivity contribution in [3.05, 3.63) is 35.7 Å². The zero-order chi connectivity index (χ0) is 27.4. The van der Waals surface area contributed by atoms with Crippen LogP contribution in [0.3, 0.4) is 0 Å². The number of hydrogen-bond acceptors (Lipinski definition) is 7. The zero-order valence-electron chi connectivity index (χ0n) is 22.6. The summed E-state index contributed by atoms with van der Waals surface area (Å²) in [5, 5.41) is 22.0. The number of epoxide rings is 1. The molecule has 0 bridgehead atoms. The number of aliphatic hydroxyl groups is 2. The molecular formula is C30H41NO6. The highest BCUT2D eigenvalue weighted by Gasteiger charge is 2.53. The van der Waals surface area contributed by atoms with Gasteiger partial charge in [0.2, 0.25) is 0 Å². The summed E-state index contributed by atoms with van der Waals surface area (Å²) in [6, 6.07) is 5.60.